The zero-order valence-corrected chi connectivity index (χ0v) is 18.0. The van der Waals surface area contributed by atoms with E-state index in [-0.39, 0.29) is 30.0 Å². The average molecular weight is 448 g/mol. The molecule has 0 fully saturated rings. The zero-order chi connectivity index (χ0) is 17.1. The van der Waals surface area contributed by atoms with Crippen molar-refractivity contribution in [2.45, 2.75) is 26.3 Å². The van der Waals surface area contributed by atoms with Gasteiger partial charge in [0.25, 0.3) is 0 Å². The van der Waals surface area contributed by atoms with E-state index >= 15 is 0 Å². The van der Waals surface area contributed by atoms with Gasteiger partial charge in [0.05, 0.1) is 12.6 Å². The number of rotatable bonds is 9. The fourth-order valence-electron chi connectivity index (χ4n) is 2.30. The maximum Gasteiger partial charge on any atom is 0.191 e. The largest absolute Gasteiger partial charge is 0.385 e. The molecule has 0 bridgehead atoms. The Bertz CT molecular complexity index is 463. The van der Waals surface area contributed by atoms with Crippen molar-refractivity contribution in [3.8, 4) is 0 Å². The third-order valence-electron chi connectivity index (χ3n) is 3.67. The summed E-state index contributed by atoms with van der Waals surface area (Å²) in [5.41, 5.74) is 2.57. The van der Waals surface area contributed by atoms with E-state index in [1.54, 1.807) is 7.11 Å². The average Bonchev–Trinajstić information content (AvgIpc) is 2.53. The summed E-state index contributed by atoms with van der Waals surface area (Å²) in [5, 5.41) is 6.64. The minimum atomic E-state index is 0. The molecule has 0 aromatic heterocycles. The molecule has 2 N–H and O–H groups in total. The molecule has 0 saturated heterocycles. The SMILES string of the molecule is CCNC(=NCC(c1ccc(C)cc1)N(C)C)NCCCOC.I. The molecule has 0 heterocycles. The summed E-state index contributed by atoms with van der Waals surface area (Å²) in [4.78, 5) is 6.95. The Morgan fingerprint density at radius 1 is 1.21 bits per heavy atom. The van der Waals surface area contributed by atoms with Crippen molar-refractivity contribution >= 4 is 29.9 Å². The van der Waals surface area contributed by atoms with Crippen LogP contribution in [0, 0.1) is 6.92 Å². The van der Waals surface area contributed by atoms with E-state index in [0.717, 1.165) is 38.6 Å². The van der Waals surface area contributed by atoms with Crippen molar-refractivity contribution in [2.75, 3.05) is 47.4 Å². The van der Waals surface area contributed by atoms with Crippen LogP contribution in [0.15, 0.2) is 29.3 Å². The van der Waals surface area contributed by atoms with Crippen molar-refractivity contribution in [3.63, 3.8) is 0 Å². The van der Waals surface area contributed by atoms with Crippen LogP contribution in [0.1, 0.15) is 30.5 Å². The van der Waals surface area contributed by atoms with Gasteiger partial charge in [-0.2, -0.15) is 0 Å². The number of hydrogen-bond donors (Lipinski definition) is 2. The minimum Gasteiger partial charge on any atom is -0.385 e. The van der Waals surface area contributed by atoms with Gasteiger partial charge in [0.15, 0.2) is 5.96 Å². The van der Waals surface area contributed by atoms with E-state index in [4.69, 9.17) is 9.73 Å². The molecule has 0 spiro atoms. The summed E-state index contributed by atoms with van der Waals surface area (Å²) in [7, 11) is 5.92. The first-order chi connectivity index (χ1) is 11.1. The lowest BCUT2D eigenvalue weighted by molar-refractivity contribution is 0.195. The Labute approximate surface area is 164 Å². The molecule has 1 aromatic rings. The van der Waals surface area contributed by atoms with Crippen LogP contribution in [0.4, 0.5) is 0 Å². The van der Waals surface area contributed by atoms with Crippen LogP contribution in [-0.2, 0) is 4.74 Å². The van der Waals surface area contributed by atoms with E-state index in [1.165, 1.54) is 11.1 Å². The number of aryl methyl sites for hydroxylation is 1. The number of hydrogen-bond acceptors (Lipinski definition) is 3. The highest BCUT2D eigenvalue weighted by Crippen LogP contribution is 2.19. The predicted octanol–water partition coefficient (Wildman–Crippen LogP) is 2.81. The summed E-state index contributed by atoms with van der Waals surface area (Å²) in [6, 6.07) is 8.96. The van der Waals surface area contributed by atoms with Crippen LogP contribution >= 0.6 is 24.0 Å². The maximum atomic E-state index is 5.07. The molecule has 1 unspecified atom stereocenters. The van der Waals surface area contributed by atoms with Crippen LogP contribution in [0.5, 0.6) is 0 Å². The fourth-order valence-corrected chi connectivity index (χ4v) is 2.30. The Morgan fingerprint density at radius 3 is 2.42 bits per heavy atom. The first-order valence-electron chi connectivity index (χ1n) is 8.32. The summed E-state index contributed by atoms with van der Waals surface area (Å²) in [5.74, 6) is 0.863. The van der Waals surface area contributed by atoms with Crippen LogP contribution in [0.25, 0.3) is 0 Å². The highest BCUT2D eigenvalue weighted by Gasteiger charge is 2.13. The second kappa shape index (κ2) is 13.4. The lowest BCUT2D eigenvalue weighted by Crippen LogP contribution is -2.38. The van der Waals surface area contributed by atoms with Crippen molar-refractivity contribution in [1.82, 2.24) is 15.5 Å². The molecule has 0 saturated carbocycles. The van der Waals surface area contributed by atoms with E-state index in [0.29, 0.717) is 0 Å². The third-order valence-corrected chi connectivity index (χ3v) is 3.67. The Hall–Kier alpha value is -0.860. The number of nitrogens with one attached hydrogen (secondary N) is 2. The number of halogens is 1. The van der Waals surface area contributed by atoms with Gasteiger partial charge < -0.3 is 20.3 Å². The second-order valence-corrected chi connectivity index (χ2v) is 5.88. The van der Waals surface area contributed by atoms with Gasteiger partial charge in [0.1, 0.15) is 0 Å². The molecule has 138 valence electrons. The maximum absolute atomic E-state index is 5.07. The first kappa shape index (κ1) is 23.1. The zero-order valence-electron chi connectivity index (χ0n) is 15.6. The number of aliphatic imine (C=N–C) groups is 1. The smallest absolute Gasteiger partial charge is 0.191 e. The second-order valence-electron chi connectivity index (χ2n) is 5.88. The van der Waals surface area contributed by atoms with Crippen LogP contribution in [0.2, 0.25) is 0 Å². The molecule has 0 amide bonds. The van der Waals surface area contributed by atoms with E-state index < -0.39 is 0 Å². The minimum absolute atomic E-state index is 0. The van der Waals surface area contributed by atoms with Crippen LogP contribution in [-0.4, -0.2) is 58.3 Å². The molecule has 24 heavy (non-hydrogen) atoms. The highest BCUT2D eigenvalue weighted by atomic mass is 127. The lowest BCUT2D eigenvalue weighted by atomic mass is 10.0. The quantitative estimate of drug-likeness (QED) is 0.264. The molecule has 6 heteroatoms. The molecule has 0 aliphatic carbocycles. The number of benzene rings is 1. The van der Waals surface area contributed by atoms with Gasteiger partial charge in [-0.25, -0.2) is 0 Å². The van der Waals surface area contributed by atoms with Crippen molar-refractivity contribution < 1.29 is 4.74 Å². The van der Waals surface area contributed by atoms with Gasteiger partial charge in [0.2, 0.25) is 0 Å². The topological polar surface area (TPSA) is 48.9 Å². The summed E-state index contributed by atoms with van der Waals surface area (Å²) < 4.78 is 5.07. The Balaban J connectivity index is 0.00000529. The summed E-state index contributed by atoms with van der Waals surface area (Å²) >= 11 is 0. The standard InChI is InChI=1S/C18H32N4O.HI/c1-6-19-18(20-12-7-13-23-5)21-14-17(22(3)4)16-10-8-15(2)9-11-16;/h8-11,17H,6-7,12-14H2,1-5H3,(H2,19,20,21);1H. The molecule has 1 atom stereocenters. The molecule has 0 aliphatic rings. The molecular formula is C18H33IN4O. The number of nitrogens with zero attached hydrogens (tertiary/aromatic N) is 2. The monoisotopic (exact) mass is 448 g/mol. The summed E-state index contributed by atoms with van der Waals surface area (Å²) in [6.45, 7) is 7.38. The van der Waals surface area contributed by atoms with Gasteiger partial charge in [-0.15, -0.1) is 24.0 Å². The van der Waals surface area contributed by atoms with E-state index in [1.807, 2.05) is 0 Å². The molecule has 1 rings (SSSR count). The van der Waals surface area contributed by atoms with Crippen molar-refractivity contribution in [3.05, 3.63) is 35.4 Å². The number of methoxy groups -OCH3 is 1. The highest BCUT2D eigenvalue weighted by molar-refractivity contribution is 14.0. The van der Waals surface area contributed by atoms with Gasteiger partial charge in [-0.1, -0.05) is 29.8 Å². The van der Waals surface area contributed by atoms with E-state index in [9.17, 15) is 0 Å². The molecule has 0 radical (unpaired) electrons. The molecule has 0 aliphatic heterocycles. The predicted molar refractivity (Wildman–Crippen MR) is 113 cm³/mol. The molecule has 1 aromatic carbocycles. The van der Waals surface area contributed by atoms with E-state index in [2.05, 4.69) is 67.7 Å². The normalized spacial score (nSPS) is 12.7. The van der Waals surface area contributed by atoms with Gasteiger partial charge in [-0.3, -0.25) is 4.99 Å². The van der Waals surface area contributed by atoms with Gasteiger partial charge in [0, 0.05) is 26.8 Å². The number of ether oxygens (including phenoxy) is 1. The van der Waals surface area contributed by atoms with Gasteiger partial charge in [-0.05, 0) is 39.9 Å². The molecule has 5 nitrogen and oxygen atoms in total. The summed E-state index contributed by atoms with van der Waals surface area (Å²) in [6.07, 6.45) is 0.968. The van der Waals surface area contributed by atoms with Gasteiger partial charge >= 0.3 is 0 Å². The number of guanidine groups is 1. The third kappa shape index (κ3) is 8.84. The Morgan fingerprint density at radius 2 is 1.88 bits per heavy atom. The lowest BCUT2D eigenvalue weighted by Gasteiger charge is -2.24. The Kier molecular flexibility index (Phi) is 13.0. The van der Waals surface area contributed by atoms with Crippen LogP contribution in [0.3, 0.4) is 0 Å². The molecular weight excluding hydrogens is 415 g/mol. The van der Waals surface area contributed by atoms with Crippen molar-refractivity contribution in [2.24, 2.45) is 4.99 Å². The van der Waals surface area contributed by atoms with Crippen molar-refractivity contribution in [1.29, 1.82) is 0 Å². The fraction of sp³-hybridized carbons (Fsp3) is 0.611. The number of likely N-dealkylation sites (N-methyl/N-ethyl adjacent to an activating group) is 1. The van der Waals surface area contributed by atoms with Crippen LogP contribution < -0.4 is 10.6 Å². The first-order valence-corrected chi connectivity index (χ1v) is 8.32.